The molecule has 0 saturated heterocycles. The largest absolute Gasteiger partial charge is 0.358 e. The number of para-hydroxylation sites is 1. The van der Waals surface area contributed by atoms with Gasteiger partial charge in [-0.25, -0.2) is 9.48 Å². The molecule has 13 heteroatoms. The van der Waals surface area contributed by atoms with E-state index in [0.717, 1.165) is 16.3 Å². The monoisotopic (exact) mass is 605 g/mol. The van der Waals surface area contributed by atoms with Gasteiger partial charge < -0.3 is 20.9 Å². The van der Waals surface area contributed by atoms with Crippen LogP contribution in [0.3, 0.4) is 0 Å². The maximum Gasteiger partial charge on any atom is 0.327 e. The molecule has 44 heavy (non-hydrogen) atoms. The molecule has 0 aliphatic carbocycles. The molecule has 0 bridgehead atoms. The summed E-state index contributed by atoms with van der Waals surface area (Å²) in [6.45, 7) is 9.47. The second kappa shape index (κ2) is 16.4. The molecule has 3 rings (SSSR count). The number of amides is 5. The van der Waals surface area contributed by atoms with E-state index in [9.17, 15) is 19.2 Å². The van der Waals surface area contributed by atoms with Crippen LogP contribution in [0.5, 0.6) is 0 Å². The molecule has 0 aliphatic rings. The van der Waals surface area contributed by atoms with Gasteiger partial charge in [-0.2, -0.15) is 5.10 Å². The Morgan fingerprint density at radius 3 is 1.93 bits per heavy atom. The lowest BCUT2D eigenvalue weighted by atomic mass is 9.92. The van der Waals surface area contributed by atoms with Crippen LogP contribution in [0.1, 0.15) is 50.7 Å². The molecular formula is C31H43N9O4. The Morgan fingerprint density at radius 2 is 1.43 bits per heavy atom. The fraction of sp³-hybridized carbons (Fsp3) is 0.355. The summed E-state index contributed by atoms with van der Waals surface area (Å²) < 4.78 is 1.56. The number of likely N-dealkylation sites (N-methyl/N-ethyl adjacent to an activating group) is 2. The van der Waals surface area contributed by atoms with E-state index in [1.165, 1.54) is 14.1 Å². The molecule has 0 atom stereocenters. The number of hydrogen-bond acceptors (Lipinski definition) is 6. The number of aliphatic imine (C=N–C) groups is 1. The molecule has 13 nitrogen and oxygen atoms in total. The Hall–Kier alpha value is -5.20. The van der Waals surface area contributed by atoms with E-state index in [-0.39, 0.29) is 30.0 Å². The smallest absolute Gasteiger partial charge is 0.327 e. The summed E-state index contributed by atoms with van der Waals surface area (Å²) in [6, 6.07) is 17.0. The van der Waals surface area contributed by atoms with E-state index < -0.39 is 23.8 Å². The van der Waals surface area contributed by atoms with Crippen molar-refractivity contribution in [2.75, 3.05) is 44.9 Å². The third-order valence-electron chi connectivity index (χ3n) is 6.08. The maximum absolute atomic E-state index is 13.2. The SMILES string of the molecule is CC.CN=C(NC(=O)Nc1cc(C(C)(C)C)nn1-c1ccc(C(=O)N(CC(=O)NC)CC(=O)NC)cc1)Nc1ccccc1. The van der Waals surface area contributed by atoms with Crippen LogP contribution >= 0.6 is 0 Å². The number of guanidine groups is 1. The standard InChI is InChI=1S/C29H37N9O4.C2H6/c1-29(2,3)22-16-23(34-28(42)35-27(32-6)33-20-10-8-7-9-11-20)38(36-22)21-14-12-19(13-15-21)26(41)37(17-24(39)30-4)18-25(40)31-5;1-2/h7-16H,17-18H2,1-6H3,(H,30,39)(H,31,40)(H3,32,33,34,35,42);1-2H3. The first-order valence-electron chi connectivity index (χ1n) is 14.2. The summed E-state index contributed by atoms with van der Waals surface area (Å²) in [7, 11) is 4.47. The minimum Gasteiger partial charge on any atom is -0.358 e. The maximum atomic E-state index is 13.2. The van der Waals surface area contributed by atoms with E-state index in [1.54, 1.807) is 42.1 Å². The summed E-state index contributed by atoms with van der Waals surface area (Å²) in [4.78, 5) is 55.3. The molecule has 2 aromatic carbocycles. The number of carbonyl (C=O) groups excluding carboxylic acids is 4. The van der Waals surface area contributed by atoms with E-state index in [2.05, 4.69) is 31.6 Å². The van der Waals surface area contributed by atoms with Gasteiger partial charge in [0.05, 0.1) is 11.4 Å². The van der Waals surface area contributed by atoms with Crippen molar-refractivity contribution in [3.63, 3.8) is 0 Å². The second-order valence-electron chi connectivity index (χ2n) is 10.3. The molecule has 0 aliphatic heterocycles. The van der Waals surface area contributed by atoms with Crippen LogP contribution in [0.15, 0.2) is 65.7 Å². The highest BCUT2D eigenvalue weighted by Gasteiger charge is 2.24. The zero-order chi connectivity index (χ0) is 32.9. The van der Waals surface area contributed by atoms with E-state index in [1.807, 2.05) is 65.0 Å². The summed E-state index contributed by atoms with van der Waals surface area (Å²) in [5, 5.41) is 18.2. The first-order chi connectivity index (χ1) is 20.9. The molecule has 0 radical (unpaired) electrons. The molecular weight excluding hydrogens is 562 g/mol. The van der Waals surface area contributed by atoms with Gasteiger partial charge in [0.25, 0.3) is 5.91 Å². The van der Waals surface area contributed by atoms with Crippen molar-refractivity contribution in [2.45, 2.75) is 40.0 Å². The van der Waals surface area contributed by atoms with Crippen molar-refractivity contribution in [3.05, 3.63) is 71.9 Å². The van der Waals surface area contributed by atoms with Gasteiger partial charge in [-0.05, 0) is 36.4 Å². The predicted octanol–water partition coefficient (Wildman–Crippen LogP) is 3.35. The van der Waals surface area contributed by atoms with Gasteiger partial charge in [-0.15, -0.1) is 0 Å². The molecule has 236 valence electrons. The topological polar surface area (TPSA) is 162 Å². The summed E-state index contributed by atoms with van der Waals surface area (Å²) in [5.74, 6) is -0.646. The highest BCUT2D eigenvalue weighted by Crippen LogP contribution is 2.26. The van der Waals surface area contributed by atoms with Gasteiger partial charge in [0.1, 0.15) is 18.9 Å². The fourth-order valence-corrected chi connectivity index (χ4v) is 3.72. The van der Waals surface area contributed by atoms with Crippen LogP contribution in [-0.4, -0.2) is 78.6 Å². The van der Waals surface area contributed by atoms with Crippen LogP contribution in [0.25, 0.3) is 5.69 Å². The lowest BCUT2D eigenvalue weighted by Gasteiger charge is -2.21. The van der Waals surface area contributed by atoms with Crippen molar-refractivity contribution in [2.24, 2.45) is 4.99 Å². The van der Waals surface area contributed by atoms with E-state index >= 15 is 0 Å². The van der Waals surface area contributed by atoms with Gasteiger partial charge in [0.2, 0.25) is 17.8 Å². The number of nitrogens with one attached hydrogen (secondary N) is 5. The van der Waals surface area contributed by atoms with Crippen LogP contribution in [0, 0.1) is 0 Å². The average molecular weight is 606 g/mol. The number of benzene rings is 2. The second-order valence-corrected chi connectivity index (χ2v) is 10.3. The Bertz CT molecular complexity index is 1430. The average Bonchev–Trinajstić information content (AvgIpc) is 3.45. The summed E-state index contributed by atoms with van der Waals surface area (Å²) >= 11 is 0. The molecule has 0 spiro atoms. The number of carbonyl (C=O) groups is 4. The Morgan fingerprint density at radius 1 is 0.864 bits per heavy atom. The number of anilines is 2. The molecule has 5 N–H and O–H groups in total. The first kappa shape index (κ1) is 35.0. The number of aromatic nitrogens is 2. The third-order valence-corrected chi connectivity index (χ3v) is 6.08. The lowest BCUT2D eigenvalue weighted by molar-refractivity contribution is -0.123. The minimum atomic E-state index is -0.536. The molecule has 5 amide bonds. The van der Waals surface area contributed by atoms with Gasteiger partial charge >= 0.3 is 6.03 Å². The van der Waals surface area contributed by atoms with Crippen molar-refractivity contribution in [1.29, 1.82) is 0 Å². The molecule has 0 fully saturated rings. The normalized spacial score (nSPS) is 11.0. The molecule has 1 aromatic heterocycles. The third kappa shape index (κ3) is 9.96. The number of nitrogens with zero attached hydrogens (tertiary/aromatic N) is 4. The number of rotatable bonds is 8. The van der Waals surface area contributed by atoms with E-state index in [0.29, 0.717) is 11.5 Å². The number of hydrogen-bond donors (Lipinski definition) is 5. The quantitative estimate of drug-likeness (QED) is 0.195. The van der Waals surface area contributed by atoms with Crippen molar-refractivity contribution in [3.8, 4) is 5.69 Å². The highest BCUT2D eigenvalue weighted by atomic mass is 16.2. The molecule has 1 heterocycles. The highest BCUT2D eigenvalue weighted by molar-refractivity contribution is 6.07. The van der Waals surface area contributed by atoms with Gasteiger partial charge in [-0.1, -0.05) is 52.8 Å². The Labute approximate surface area is 258 Å². The van der Waals surface area contributed by atoms with Gasteiger partial charge in [-0.3, -0.25) is 30.0 Å². The van der Waals surface area contributed by atoms with Crippen molar-refractivity contribution >= 4 is 41.2 Å². The molecule has 3 aromatic rings. The van der Waals surface area contributed by atoms with Gasteiger partial charge in [0, 0.05) is 43.9 Å². The fourth-order valence-electron chi connectivity index (χ4n) is 3.72. The zero-order valence-corrected chi connectivity index (χ0v) is 26.6. The van der Waals surface area contributed by atoms with Crippen molar-refractivity contribution in [1.82, 2.24) is 30.6 Å². The molecule has 0 unspecified atom stereocenters. The summed E-state index contributed by atoms with van der Waals surface area (Å²) in [5.41, 5.74) is 2.02. The van der Waals surface area contributed by atoms with E-state index in [4.69, 9.17) is 5.10 Å². The predicted molar refractivity (Wildman–Crippen MR) is 173 cm³/mol. The number of urea groups is 1. The summed E-state index contributed by atoms with van der Waals surface area (Å²) in [6.07, 6.45) is 0. The first-order valence-corrected chi connectivity index (χ1v) is 14.2. The van der Waals surface area contributed by atoms with Crippen LogP contribution in [0.4, 0.5) is 16.3 Å². The zero-order valence-electron chi connectivity index (χ0n) is 26.6. The van der Waals surface area contributed by atoms with Crippen molar-refractivity contribution < 1.29 is 19.2 Å². The Balaban J connectivity index is 0.00000330. The van der Waals surface area contributed by atoms with Gasteiger partial charge in [0.15, 0.2) is 0 Å². The van der Waals surface area contributed by atoms with Crippen LogP contribution in [-0.2, 0) is 15.0 Å². The Kier molecular flexibility index (Phi) is 13.1. The van der Waals surface area contributed by atoms with Crippen LogP contribution in [0.2, 0.25) is 0 Å². The molecule has 0 saturated carbocycles. The van der Waals surface area contributed by atoms with Crippen LogP contribution < -0.4 is 26.6 Å². The minimum absolute atomic E-state index is 0.252. The lowest BCUT2D eigenvalue weighted by Crippen LogP contribution is -2.44.